The van der Waals surface area contributed by atoms with Gasteiger partial charge in [0, 0.05) is 37.2 Å². The first-order valence-electron chi connectivity index (χ1n) is 6.12. The number of carbonyl (C=O) groups is 1. The van der Waals surface area contributed by atoms with Crippen molar-refractivity contribution in [3.8, 4) is 0 Å². The first-order chi connectivity index (χ1) is 8.41. The molecule has 0 fully saturated rings. The van der Waals surface area contributed by atoms with E-state index in [4.69, 9.17) is 0 Å². The van der Waals surface area contributed by atoms with Crippen LogP contribution in [0.25, 0.3) is 0 Å². The van der Waals surface area contributed by atoms with E-state index in [0.29, 0.717) is 6.42 Å². The third-order valence-electron chi connectivity index (χ3n) is 2.87. The first-order valence-corrected chi connectivity index (χ1v) is 6.92. The molecule has 1 rings (SSSR count). The second kappa shape index (κ2) is 6.78. The maximum atomic E-state index is 11.4. The quantitative estimate of drug-likeness (QED) is 0.846. The zero-order valence-electron chi connectivity index (χ0n) is 11.5. The van der Waals surface area contributed by atoms with Crippen LogP contribution in [-0.2, 0) is 4.79 Å². The van der Waals surface area contributed by atoms with Gasteiger partial charge in [-0.1, -0.05) is 15.9 Å². The fourth-order valence-corrected chi connectivity index (χ4v) is 2.55. The van der Waals surface area contributed by atoms with Crippen LogP contribution < -0.4 is 5.32 Å². The zero-order chi connectivity index (χ0) is 13.7. The molecule has 3 nitrogen and oxygen atoms in total. The van der Waals surface area contributed by atoms with Gasteiger partial charge in [0.15, 0.2) is 0 Å². The van der Waals surface area contributed by atoms with Gasteiger partial charge in [0.2, 0.25) is 5.91 Å². The number of amides is 1. The fourth-order valence-electron chi connectivity index (χ4n) is 1.87. The molecule has 0 unspecified atom stereocenters. The molecule has 0 bridgehead atoms. The predicted molar refractivity (Wildman–Crippen MR) is 80.0 cm³/mol. The van der Waals surface area contributed by atoms with E-state index >= 15 is 0 Å². The summed E-state index contributed by atoms with van der Waals surface area (Å²) in [5.41, 5.74) is 3.62. The molecule has 0 aromatic heterocycles. The number of carbonyl (C=O) groups excluding carboxylic acids is 1. The molecule has 4 heteroatoms. The van der Waals surface area contributed by atoms with Crippen LogP contribution >= 0.6 is 15.9 Å². The lowest BCUT2D eigenvalue weighted by molar-refractivity contribution is -0.128. The Morgan fingerprint density at radius 2 is 1.83 bits per heavy atom. The number of halogens is 1. The normalized spacial score (nSPS) is 10.3. The van der Waals surface area contributed by atoms with E-state index in [0.717, 1.165) is 17.4 Å². The van der Waals surface area contributed by atoms with Gasteiger partial charge >= 0.3 is 0 Å². The molecule has 0 aliphatic carbocycles. The summed E-state index contributed by atoms with van der Waals surface area (Å²) in [7, 11) is 3.58. The molecule has 0 aliphatic rings. The minimum absolute atomic E-state index is 0.182. The van der Waals surface area contributed by atoms with E-state index in [1.165, 1.54) is 16.8 Å². The third-order valence-corrected chi connectivity index (χ3v) is 3.32. The van der Waals surface area contributed by atoms with Gasteiger partial charge in [0.05, 0.1) is 0 Å². The minimum atomic E-state index is 0.182. The van der Waals surface area contributed by atoms with Gasteiger partial charge in [-0.3, -0.25) is 4.79 Å². The molecular formula is C14H21BrN2O. The molecule has 100 valence electrons. The van der Waals surface area contributed by atoms with Crippen molar-refractivity contribution in [2.45, 2.75) is 26.7 Å². The van der Waals surface area contributed by atoms with Crippen LogP contribution in [0.3, 0.4) is 0 Å². The Hall–Kier alpha value is -1.03. The van der Waals surface area contributed by atoms with Gasteiger partial charge in [-0.2, -0.15) is 0 Å². The summed E-state index contributed by atoms with van der Waals surface area (Å²) in [5, 5.41) is 3.41. The van der Waals surface area contributed by atoms with Gasteiger partial charge in [-0.25, -0.2) is 0 Å². The monoisotopic (exact) mass is 312 g/mol. The summed E-state index contributed by atoms with van der Waals surface area (Å²) in [6.07, 6.45) is 1.45. The number of nitrogens with zero attached hydrogens (tertiary/aromatic N) is 1. The zero-order valence-corrected chi connectivity index (χ0v) is 13.1. The van der Waals surface area contributed by atoms with E-state index in [1.807, 2.05) is 0 Å². The first kappa shape index (κ1) is 15.0. The lowest BCUT2D eigenvalue weighted by Crippen LogP contribution is -2.22. The number of benzene rings is 1. The van der Waals surface area contributed by atoms with Crippen molar-refractivity contribution in [2.24, 2.45) is 0 Å². The molecule has 1 aromatic rings. The molecule has 1 amide bonds. The number of hydrogen-bond acceptors (Lipinski definition) is 2. The fraction of sp³-hybridized carbons (Fsp3) is 0.500. The van der Waals surface area contributed by atoms with Crippen molar-refractivity contribution in [1.29, 1.82) is 0 Å². The predicted octanol–water partition coefficient (Wildman–Crippen LogP) is 3.35. The van der Waals surface area contributed by atoms with Gasteiger partial charge in [0.1, 0.15) is 0 Å². The largest absolute Gasteiger partial charge is 0.385 e. The van der Waals surface area contributed by atoms with E-state index < -0.39 is 0 Å². The van der Waals surface area contributed by atoms with Gasteiger partial charge in [-0.05, 0) is 43.5 Å². The van der Waals surface area contributed by atoms with E-state index in [9.17, 15) is 4.79 Å². The highest BCUT2D eigenvalue weighted by Crippen LogP contribution is 2.24. The van der Waals surface area contributed by atoms with Gasteiger partial charge in [0.25, 0.3) is 0 Å². The summed E-state index contributed by atoms with van der Waals surface area (Å²) in [6, 6.07) is 4.20. The number of hydrogen-bond donors (Lipinski definition) is 1. The Bertz CT molecular complexity index is 407. The highest BCUT2D eigenvalue weighted by molar-refractivity contribution is 9.10. The van der Waals surface area contributed by atoms with Crippen LogP contribution in [0.15, 0.2) is 16.6 Å². The topological polar surface area (TPSA) is 32.3 Å². The Labute approximate surface area is 118 Å². The molecule has 0 saturated carbocycles. The smallest absolute Gasteiger partial charge is 0.222 e. The van der Waals surface area contributed by atoms with Crippen molar-refractivity contribution >= 4 is 27.5 Å². The van der Waals surface area contributed by atoms with Crippen LogP contribution in [-0.4, -0.2) is 31.4 Å². The van der Waals surface area contributed by atoms with Crippen LogP contribution in [0.2, 0.25) is 0 Å². The summed E-state index contributed by atoms with van der Waals surface area (Å²) in [6.45, 7) is 5.00. The van der Waals surface area contributed by atoms with Crippen molar-refractivity contribution in [1.82, 2.24) is 4.90 Å². The summed E-state index contributed by atoms with van der Waals surface area (Å²) >= 11 is 3.49. The van der Waals surface area contributed by atoms with Crippen molar-refractivity contribution < 1.29 is 4.79 Å². The van der Waals surface area contributed by atoms with Crippen molar-refractivity contribution in [3.63, 3.8) is 0 Å². The molecule has 0 radical (unpaired) electrons. The standard InChI is InChI=1S/C14H21BrN2O/c1-10-8-12(15)9-11(2)14(10)16-7-5-6-13(18)17(3)4/h8-9,16H,5-7H2,1-4H3. The van der Waals surface area contributed by atoms with Crippen LogP contribution in [0.1, 0.15) is 24.0 Å². The average Bonchev–Trinajstić information content (AvgIpc) is 2.26. The maximum Gasteiger partial charge on any atom is 0.222 e. The lowest BCUT2D eigenvalue weighted by atomic mass is 10.1. The number of aryl methyl sites for hydroxylation is 2. The molecule has 0 aliphatic heterocycles. The Morgan fingerprint density at radius 1 is 1.28 bits per heavy atom. The lowest BCUT2D eigenvalue weighted by Gasteiger charge is -2.14. The minimum Gasteiger partial charge on any atom is -0.385 e. The summed E-state index contributed by atoms with van der Waals surface area (Å²) in [4.78, 5) is 13.1. The second-order valence-electron chi connectivity index (χ2n) is 4.73. The molecule has 1 N–H and O–H groups in total. The molecule has 0 saturated heterocycles. The van der Waals surface area contributed by atoms with Crippen LogP contribution in [0.4, 0.5) is 5.69 Å². The van der Waals surface area contributed by atoms with Gasteiger partial charge < -0.3 is 10.2 Å². The highest BCUT2D eigenvalue weighted by atomic mass is 79.9. The average molecular weight is 313 g/mol. The van der Waals surface area contributed by atoms with Crippen molar-refractivity contribution in [3.05, 3.63) is 27.7 Å². The van der Waals surface area contributed by atoms with Gasteiger partial charge in [-0.15, -0.1) is 0 Å². The van der Waals surface area contributed by atoms with Crippen LogP contribution in [0.5, 0.6) is 0 Å². The van der Waals surface area contributed by atoms with E-state index in [1.54, 1.807) is 19.0 Å². The second-order valence-corrected chi connectivity index (χ2v) is 5.65. The molecule has 0 spiro atoms. The maximum absolute atomic E-state index is 11.4. The van der Waals surface area contributed by atoms with E-state index in [-0.39, 0.29) is 5.91 Å². The molecule has 0 atom stereocenters. The Kier molecular flexibility index (Phi) is 5.66. The highest BCUT2D eigenvalue weighted by Gasteiger charge is 2.05. The van der Waals surface area contributed by atoms with Crippen LogP contribution in [0, 0.1) is 13.8 Å². The molecule has 18 heavy (non-hydrogen) atoms. The molecular weight excluding hydrogens is 292 g/mol. The summed E-state index contributed by atoms with van der Waals surface area (Å²) in [5.74, 6) is 0.182. The number of anilines is 1. The van der Waals surface area contributed by atoms with Crippen molar-refractivity contribution in [2.75, 3.05) is 26.0 Å². The van der Waals surface area contributed by atoms with E-state index in [2.05, 4.69) is 47.2 Å². The number of nitrogens with one attached hydrogen (secondary N) is 1. The Balaban J connectivity index is 2.47. The summed E-state index contributed by atoms with van der Waals surface area (Å²) < 4.78 is 1.10. The molecule has 0 heterocycles. The molecule has 1 aromatic carbocycles. The third kappa shape index (κ3) is 4.33. The Morgan fingerprint density at radius 3 is 2.33 bits per heavy atom. The SMILES string of the molecule is Cc1cc(Br)cc(C)c1NCCCC(=O)N(C)C. The number of rotatable bonds is 5.